The largest absolute Gasteiger partial charge is 0.233 e. The van der Waals surface area contributed by atoms with Crippen LogP contribution in [0.25, 0.3) is 11.4 Å². The van der Waals surface area contributed by atoms with E-state index < -0.39 is 0 Å². The van der Waals surface area contributed by atoms with Crippen LogP contribution in [0.5, 0.6) is 0 Å². The van der Waals surface area contributed by atoms with Crippen LogP contribution in [-0.2, 0) is 0 Å². The molecule has 0 radical (unpaired) electrons. The van der Waals surface area contributed by atoms with Crippen molar-refractivity contribution in [3.63, 3.8) is 0 Å². The van der Waals surface area contributed by atoms with Crippen LogP contribution in [-0.4, -0.2) is 15.7 Å². The predicted molar refractivity (Wildman–Crippen MR) is 74.4 cm³/mol. The lowest BCUT2D eigenvalue weighted by Crippen LogP contribution is -2.04. The molecule has 0 saturated carbocycles. The van der Waals surface area contributed by atoms with Crippen LogP contribution in [0.2, 0.25) is 0 Å². The van der Waals surface area contributed by atoms with Gasteiger partial charge in [-0.3, -0.25) is 0 Å². The lowest BCUT2D eigenvalue weighted by atomic mass is 10.1. The lowest BCUT2D eigenvalue weighted by molar-refractivity contribution is 0.910. The molecule has 0 spiro atoms. The number of benzene rings is 1. The van der Waals surface area contributed by atoms with Gasteiger partial charge >= 0.3 is 0 Å². The SMILES string of the molecule is Cc1cc(C(C#N)CS)nc(-c2ccccc2)n1. The molecular weight excluding hydrogens is 242 g/mol. The summed E-state index contributed by atoms with van der Waals surface area (Å²) >= 11 is 4.18. The molecule has 0 aliphatic carbocycles. The molecule has 18 heavy (non-hydrogen) atoms. The van der Waals surface area contributed by atoms with E-state index in [0.29, 0.717) is 11.6 Å². The summed E-state index contributed by atoms with van der Waals surface area (Å²) in [6.45, 7) is 1.91. The highest BCUT2D eigenvalue weighted by Gasteiger charge is 2.13. The first-order chi connectivity index (χ1) is 8.74. The summed E-state index contributed by atoms with van der Waals surface area (Å²) in [7, 11) is 0. The first-order valence-corrected chi connectivity index (χ1v) is 6.29. The van der Waals surface area contributed by atoms with E-state index in [1.165, 1.54) is 0 Å². The van der Waals surface area contributed by atoms with Crippen molar-refractivity contribution < 1.29 is 0 Å². The Balaban J connectivity index is 2.48. The van der Waals surface area contributed by atoms with Gasteiger partial charge in [0.15, 0.2) is 5.82 Å². The number of hydrogen-bond donors (Lipinski definition) is 1. The second-order valence-electron chi connectivity index (χ2n) is 3.99. The van der Waals surface area contributed by atoms with E-state index >= 15 is 0 Å². The summed E-state index contributed by atoms with van der Waals surface area (Å²) in [5, 5.41) is 9.07. The molecule has 0 bridgehead atoms. The van der Waals surface area contributed by atoms with Crippen LogP contribution in [0.3, 0.4) is 0 Å². The van der Waals surface area contributed by atoms with Crippen LogP contribution < -0.4 is 0 Å². The van der Waals surface area contributed by atoms with Crippen LogP contribution in [0.15, 0.2) is 36.4 Å². The van der Waals surface area contributed by atoms with Gasteiger partial charge in [0, 0.05) is 17.0 Å². The summed E-state index contributed by atoms with van der Waals surface area (Å²) in [5.74, 6) is 0.825. The molecule has 1 unspecified atom stereocenters. The van der Waals surface area contributed by atoms with E-state index in [1.54, 1.807) is 0 Å². The molecule has 4 heteroatoms. The van der Waals surface area contributed by atoms with Gasteiger partial charge in [-0.2, -0.15) is 17.9 Å². The zero-order chi connectivity index (χ0) is 13.0. The highest BCUT2D eigenvalue weighted by molar-refractivity contribution is 7.80. The molecule has 0 fully saturated rings. The van der Waals surface area contributed by atoms with Crippen molar-refractivity contribution in [1.82, 2.24) is 9.97 Å². The van der Waals surface area contributed by atoms with Crippen molar-refractivity contribution in [2.24, 2.45) is 0 Å². The zero-order valence-electron chi connectivity index (χ0n) is 10.0. The second kappa shape index (κ2) is 5.65. The quantitative estimate of drug-likeness (QED) is 0.858. The van der Waals surface area contributed by atoms with E-state index in [4.69, 9.17) is 5.26 Å². The molecule has 2 aromatic rings. The molecule has 90 valence electrons. The van der Waals surface area contributed by atoms with E-state index in [-0.39, 0.29) is 5.92 Å². The normalized spacial score (nSPS) is 11.8. The molecule has 1 heterocycles. The third-order valence-corrected chi connectivity index (χ3v) is 2.97. The van der Waals surface area contributed by atoms with E-state index in [0.717, 1.165) is 17.0 Å². The number of aryl methyl sites for hydroxylation is 1. The number of nitriles is 1. The number of aromatic nitrogens is 2. The molecule has 0 aliphatic heterocycles. The van der Waals surface area contributed by atoms with Crippen molar-refractivity contribution in [2.45, 2.75) is 12.8 Å². The average molecular weight is 255 g/mol. The van der Waals surface area contributed by atoms with Gasteiger partial charge in [-0.25, -0.2) is 9.97 Å². The van der Waals surface area contributed by atoms with Crippen molar-refractivity contribution in [3.05, 3.63) is 47.8 Å². The summed E-state index contributed by atoms with van der Waals surface area (Å²) in [6.07, 6.45) is 0. The summed E-state index contributed by atoms with van der Waals surface area (Å²) < 4.78 is 0. The fourth-order valence-electron chi connectivity index (χ4n) is 1.69. The topological polar surface area (TPSA) is 49.6 Å². The maximum atomic E-state index is 9.07. The summed E-state index contributed by atoms with van der Waals surface area (Å²) in [5.41, 5.74) is 2.55. The van der Waals surface area contributed by atoms with Crippen LogP contribution >= 0.6 is 12.6 Å². The van der Waals surface area contributed by atoms with Crippen molar-refractivity contribution in [3.8, 4) is 17.5 Å². The molecule has 0 N–H and O–H groups in total. The average Bonchev–Trinajstić information content (AvgIpc) is 2.40. The van der Waals surface area contributed by atoms with Gasteiger partial charge in [0.05, 0.1) is 17.7 Å². The number of hydrogen-bond acceptors (Lipinski definition) is 4. The van der Waals surface area contributed by atoms with E-state index in [9.17, 15) is 0 Å². The minimum absolute atomic E-state index is 0.294. The fourth-order valence-corrected chi connectivity index (χ4v) is 1.96. The maximum absolute atomic E-state index is 9.07. The Bertz CT molecular complexity index is 575. The van der Waals surface area contributed by atoms with E-state index in [2.05, 4.69) is 28.7 Å². The Morgan fingerprint density at radius 1 is 1.28 bits per heavy atom. The molecule has 1 aromatic heterocycles. The molecule has 1 aromatic carbocycles. The lowest BCUT2D eigenvalue weighted by Gasteiger charge is -2.08. The maximum Gasteiger partial charge on any atom is 0.159 e. The van der Waals surface area contributed by atoms with Crippen molar-refractivity contribution in [1.29, 1.82) is 5.26 Å². The van der Waals surface area contributed by atoms with Crippen LogP contribution in [0.1, 0.15) is 17.3 Å². The number of rotatable bonds is 3. The minimum atomic E-state index is -0.294. The van der Waals surface area contributed by atoms with Crippen LogP contribution in [0, 0.1) is 18.3 Å². The molecule has 0 aliphatic rings. The predicted octanol–water partition coefficient (Wildman–Crippen LogP) is 2.99. The standard InChI is InChI=1S/C14H13N3S/c1-10-7-13(12(8-15)9-18)17-14(16-10)11-5-3-2-4-6-11/h2-7,12,18H,9H2,1H3. The molecule has 2 rings (SSSR count). The van der Waals surface area contributed by atoms with Gasteiger partial charge in [0.25, 0.3) is 0 Å². The van der Waals surface area contributed by atoms with Gasteiger partial charge in [-0.15, -0.1) is 0 Å². The fraction of sp³-hybridized carbons (Fsp3) is 0.214. The van der Waals surface area contributed by atoms with Gasteiger partial charge in [0.1, 0.15) is 0 Å². The van der Waals surface area contributed by atoms with Crippen LogP contribution in [0.4, 0.5) is 0 Å². The minimum Gasteiger partial charge on any atom is -0.233 e. The Kier molecular flexibility index (Phi) is 3.96. The Labute approximate surface area is 112 Å². The number of thiol groups is 1. The van der Waals surface area contributed by atoms with Gasteiger partial charge in [-0.05, 0) is 13.0 Å². The number of nitrogens with zero attached hydrogens (tertiary/aromatic N) is 3. The molecule has 1 atom stereocenters. The van der Waals surface area contributed by atoms with Crippen molar-refractivity contribution >= 4 is 12.6 Å². The third kappa shape index (κ3) is 2.69. The van der Waals surface area contributed by atoms with Gasteiger partial charge in [-0.1, -0.05) is 30.3 Å². The Hall–Kier alpha value is -1.86. The summed E-state index contributed by atoms with van der Waals surface area (Å²) in [4.78, 5) is 8.87. The third-order valence-electron chi connectivity index (χ3n) is 2.60. The smallest absolute Gasteiger partial charge is 0.159 e. The van der Waals surface area contributed by atoms with Crippen molar-refractivity contribution in [2.75, 3.05) is 5.75 Å². The Morgan fingerprint density at radius 2 is 2.00 bits per heavy atom. The molecular formula is C14H13N3S. The monoisotopic (exact) mass is 255 g/mol. The highest BCUT2D eigenvalue weighted by atomic mass is 32.1. The Morgan fingerprint density at radius 3 is 2.61 bits per heavy atom. The van der Waals surface area contributed by atoms with E-state index in [1.807, 2.05) is 43.3 Å². The molecule has 3 nitrogen and oxygen atoms in total. The molecule has 0 amide bonds. The highest BCUT2D eigenvalue weighted by Crippen LogP contribution is 2.20. The van der Waals surface area contributed by atoms with Gasteiger partial charge in [0.2, 0.25) is 0 Å². The molecule has 0 saturated heterocycles. The second-order valence-corrected chi connectivity index (χ2v) is 4.35. The first-order valence-electron chi connectivity index (χ1n) is 5.66. The first kappa shape index (κ1) is 12.6. The zero-order valence-corrected chi connectivity index (χ0v) is 10.9. The summed E-state index contributed by atoms with van der Waals surface area (Å²) in [6, 6.07) is 13.8. The van der Waals surface area contributed by atoms with Gasteiger partial charge < -0.3 is 0 Å².